The molecule has 0 aliphatic rings. The normalized spacial score (nSPS) is 11.5. The van der Waals surface area contributed by atoms with Crippen LogP contribution >= 0.6 is 11.6 Å². The number of hydrogen-bond acceptors (Lipinski definition) is 5. The Morgan fingerprint density at radius 3 is 2.63 bits per heavy atom. The minimum Gasteiger partial charge on any atom is -0.431 e. The van der Waals surface area contributed by atoms with E-state index < -0.39 is 10.0 Å². The van der Waals surface area contributed by atoms with Gasteiger partial charge in [-0.3, -0.25) is 0 Å². The highest BCUT2D eigenvalue weighted by atomic mass is 35.5. The van der Waals surface area contributed by atoms with Crippen LogP contribution in [0.25, 0.3) is 0 Å². The number of aromatic nitrogens is 1. The van der Waals surface area contributed by atoms with E-state index >= 15 is 0 Å². The molecule has 0 saturated carbocycles. The first-order valence-corrected chi connectivity index (χ1v) is 7.16. The lowest BCUT2D eigenvalue weighted by Gasteiger charge is -2.09. The number of rotatable bonds is 3. The average Bonchev–Trinajstić information content (AvgIpc) is 2.68. The van der Waals surface area contributed by atoms with E-state index in [2.05, 4.69) is 9.71 Å². The average molecular weight is 302 g/mol. The molecule has 1 aromatic heterocycles. The van der Waals surface area contributed by atoms with Gasteiger partial charge in [-0.1, -0.05) is 11.6 Å². The molecule has 0 aliphatic heterocycles. The second-order valence-corrected chi connectivity index (χ2v) is 6.10. The number of anilines is 2. The fraction of sp³-hybridized carbons (Fsp3) is 0.182. The van der Waals surface area contributed by atoms with Gasteiger partial charge in [0.05, 0.1) is 21.3 Å². The lowest BCUT2D eigenvalue weighted by molar-refractivity contribution is 0.569. The van der Waals surface area contributed by atoms with Crippen LogP contribution in [-0.4, -0.2) is 13.4 Å². The maximum absolute atomic E-state index is 12.2. The van der Waals surface area contributed by atoms with Gasteiger partial charge in [-0.05, 0) is 31.5 Å². The standard InChI is InChI=1S/C11H12ClN3O3S/c1-6-3-8(12)9(13)4-10(6)19(16,17)15-11-14-7(2)5-18-11/h3-5H,13H2,1-2H3,(H,14,15). The molecule has 0 radical (unpaired) electrons. The highest BCUT2D eigenvalue weighted by molar-refractivity contribution is 7.92. The van der Waals surface area contributed by atoms with Crippen LogP contribution < -0.4 is 10.5 Å². The highest BCUT2D eigenvalue weighted by Gasteiger charge is 2.20. The summed E-state index contributed by atoms with van der Waals surface area (Å²) in [5, 5.41) is 0.309. The third kappa shape index (κ3) is 2.82. The van der Waals surface area contributed by atoms with Crippen molar-refractivity contribution in [3.05, 3.63) is 34.7 Å². The molecule has 0 saturated heterocycles. The molecule has 102 valence electrons. The fourth-order valence-electron chi connectivity index (χ4n) is 1.53. The summed E-state index contributed by atoms with van der Waals surface area (Å²) in [6, 6.07) is 2.70. The minimum atomic E-state index is -3.81. The van der Waals surface area contributed by atoms with Crippen molar-refractivity contribution in [1.82, 2.24) is 4.98 Å². The van der Waals surface area contributed by atoms with Gasteiger partial charge in [0.15, 0.2) is 0 Å². The van der Waals surface area contributed by atoms with Crippen molar-refractivity contribution in [3.8, 4) is 0 Å². The summed E-state index contributed by atoms with van der Waals surface area (Å²) in [6.07, 6.45) is 1.35. The van der Waals surface area contributed by atoms with E-state index in [0.29, 0.717) is 16.3 Å². The van der Waals surface area contributed by atoms with Gasteiger partial charge in [-0.2, -0.15) is 4.98 Å². The number of nitrogens with one attached hydrogen (secondary N) is 1. The van der Waals surface area contributed by atoms with E-state index in [1.54, 1.807) is 13.8 Å². The maximum atomic E-state index is 12.2. The van der Waals surface area contributed by atoms with Gasteiger partial charge in [0.1, 0.15) is 6.26 Å². The summed E-state index contributed by atoms with van der Waals surface area (Å²) in [5.41, 5.74) is 6.87. The molecule has 19 heavy (non-hydrogen) atoms. The number of hydrogen-bond donors (Lipinski definition) is 2. The molecule has 1 heterocycles. The van der Waals surface area contributed by atoms with Gasteiger partial charge in [-0.15, -0.1) is 0 Å². The minimum absolute atomic E-state index is 0.0326. The Hall–Kier alpha value is -1.73. The zero-order valence-corrected chi connectivity index (χ0v) is 11.8. The predicted molar refractivity (Wildman–Crippen MR) is 72.6 cm³/mol. The number of nitrogen functional groups attached to an aromatic ring is 1. The largest absolute Gasteiger partial charge is 0.431 e. The third-order valence-corrected chi connectivity index (χ3v) is 4.21. The number of aryl methyl sites for hydroxylation is 2. The van der Waals surface area contributed by atoms with Crippen molar-refractivity contribution >= 4 is 33.3 Å². The Labute approximate surface area is 115 Å². The van der Waals surface area contributed by atoms with E-state index in [4.69, 9.17) is 21.8 Å². The SMILES string of the molecule is Cc1coc(NS(=O)(=O)c2cc(N)c(Cl)cc2C)n1. The van der Waals surface area contributed by atoms with E-state index in [0.717, 1.165) is 0 Å². The molecule has 6 nitrogen and oxygen atoms in total. The Morgan fingerprint density at radius 1 is 1.37 bits per heavy atom. The summed E-state index contributed by atoms with van der Waals surface area (Å²) in [5.74, 6) is 0. The van der Waals surface area contributed by atoms with Crippen LogP contribution in [0.4, 0.5) is 11.7 Å². The van der Waals surface area contributed by atoms with Crippen LogP contribution in [0.2, 0.25) is 5.02 Å². The van der Waals surface area contributed by atoms with E-state index in [1.807, 2.05) is 0 Å². The molecule has 0 bridgehead atoms. The molecule has 8 heteroatoms. The van der Waals surface area contributed by atoms with Crippen LogP contribution in [-0.2, 0) is 10.0 Å². The van der Waals surface area contributed by atoms with Gasteiger partial charge in [-0.25, -0.2) is 13.1 Å². The zero-order chi connectivity index (χ0) is 14.2. The number of nitrogens with two attached hydrogens (primary N) is 1. The monoisotopic (exact) mass is 301 g/mol. The lowest BCUT2D eigenvalue weighted by Crippen LogP contribution is -2.15. The quantitative estimate of drug-likeness (QED) is 0.848. The molecule has 0 spiro atoms. The summed E-state index contributed by atoms with van der Waals surface area (Å²) in [4.78, 5) is 3.91. The van der Waals surface area contributed by atoms with Crippen molar-refractivity contribution in [2.75, 3.05) is 10.5 Å². The van der Waals surface area contributed by atoms with Crippen LogP contribution in [0.1, 0.15) is 11.3 Å². The second kappa shape index (κ2) is 4.75. The topological polar surface area (TPSA) is 98.2 Å². The number of nitrogens with zero attached hydrogens (tertiary/aromatic N) is 1. The fourth-order valence-corrected chi connectivity index (χ4v) is 2.95. The molecular weight excluding hydrogens is 290 g/mol. The molecule has 3 N–H and O–H groups in total. The van der Waals surface area contributed by atoms with Gasteiger partial charge in [0, 0.05) is 0 Å². The Bertz CT molecular complexity index is 725. The first kappa shape index (κ1) is 13.7. The van der Waals surface area contributed by atoms with E-state index in [9.17, 15) is 8.42 Å². The Morgan fingerprint density at radius 2 is 2.05 bits per heavy atom. The van der Waals surface area contributed by atoms with Crippen molar-refractivity contribution < 1.29 is 12.8 Å². The Balaban J connectivity index is 2.42. The van der Waals surface area contributed by atoms with Gasteiger partial charge in [0.2, 0.25) is 0 Å². The second-order valence-electron chi connectivity index (χ2n) is 4.04. The summed E-state index contributed by atoms with van der Waals surface area (Å²) < 4.78 is 31.6. The molecule has 0 aliphatic carbocycles. The molecule has 2 aromatic rings. The molecule has 0 unspecified atom stereocenters. The van der Waals surface area contributed by atoms with Crippen molar-refractivity contribution in [2.24, 2.45) is 0 Å². The van der Waals surface area contributed by atoms with E-state index in [1.165, 1.54) is 18.4 Å². The lowest BCUT2D eigenvalue weighted by atomic mass is 10.2. The maximum Gasteiger partial charge on any atom is 0.309 e. The smallest absolute Gasteiger partial charge is 0.309 e. The van der Waals surface area contributed by atoms with Gasteiger partial charge in [0.25, 0.3) is 10.0 Å². The van der Waals surface area contributed by atoms with Crippen LogP contribution in [0.5, 0.6) is 0 Å². The van der Waals surface area contributed by atoms with Gasteiger partial charge < -0.3 is 10.2 Å². The summed E-state index contributed by atoms with van der Waals surface area (Å²) >= 11 is 5.83. The van der Waals surface area contributed by atoms with Crippen LogP contribution in [0.15, 0.2) is 27.7 Å². The van der Waals surface area contributed by atoms with Crippen LogP contribution in [0.3, 0.4) is 0 Å². The van der Waals surface area contributed by atoms with Crippen molar-refractivity contribution in [2.45, 2.75) is 18.7 Å². The molecule has 0 amide bonds. The number of oxazole rings is 1. The summed E-state index contributed by atoms with van der Waals surface area (Å²) in [6.45, 7) is 3.31. The highest BCUT2D eigenvalue weighted by Crippen LogP contribution is 2.27. The molecule has 0 fully saturated rings. The predicted octanol–water partition coefficient (Wildman–Crippen LogP) is 2.33. The third-order valence-electron chi connectivity index (χ3n) is 2.42. The first-order valence-electron chi connectivity index (χ1n) is 5.30. The molecule has 1 aromatic carbocycles. The van der Waals surface area contributed by atoms with Crippen molar-refractivity contribution in [1.29, 1.82) is 0 Å². The number of sulfonamides is 1. The first-order chi connectivity index (χ1) is 8.79. The zero-order valence-electron chi connectivity index (χ0n) is 10.3. The number of halogens is 1. The van der Waals surface area contributed by atoms with Crippen LogP contribution in [0, 0.1) is 13.8 Å². The Kier molecular flexibility index (Phi) is 3.42. The molecule has 0 atom stereocenters. The van der Waals surface area contributed by atoms with Gasteiger partial charge >= 0.3 is 6.01 Å². The number of benzene rings is 1. The molecule has 2 rings (SSSR count). The van der Waals surface area contributed by atoms with Crippen molar-refractivity contribution in [3.63, 3.8) is 0 Å². The van der Waals surface area contributed by atoms with E-state index in [-0.39, 0.29) is 16.6 Å². The summed E-state index contributed by atoms with van der Waals surface area (Å²) in [7, 11) is -3.81. The molecular formula is C11H12ClN3O3S.